The number of aliphatic hydroxyl groups excluding tert-OH is 1. The number of rotatable bonds is 6. The molecule has 0 aromatic carbocycles. The molecule has 1 aliphatic carbocycles. The summed E-state index contributed by atoms with van der Waals surface area (Å²) in [5, 5.41) is 9.23. The van der Waals surface area contributed by atoms with E-state index in [1.807, 2.05) is 31.2 Å². The van der Waals surface area contributed by atoms with E-state index in [1.165, 1.54) is 0 Å². The zero-order valence-electron chi connectivity index (χ0n) is 9.91. The Morgan fingerprint density at radius 3 is 2.65 bits per heavy atom. The number of ether oxygens (including phenoxy) is 2. The average molecular weight is 262 g/mol. The second-order valence-corrected chi connectivity index (χ2v) is 3.48. The van der Waals surface area contributed by atoms with E-state index in [9.17, 15) is 5.11 Å². The first-order valence-corrected chi connectivity index (χ1v) is 5.44. The van der Waals surface area contributed by atoms with Crippen molar-refractivity contribution in [3.8, 4) is 0 Å². The number of hydrogen-bond acceptors (Lipinski definition) is 4. The van der Waals surface area contributed by atoms with Gasteiger partial charge in [-0.2, -0.15) is 0 Å². The van der Waals surface area contributed by atoms with Crippen molar-refractivity contribution >= 4 is 12.4 Å². The minimum atomic E-state index is -0.595. The van der Waals surface area contributed by atoms with Crippen LogP contribution in [-0.4, -0.2) is 37.1 Å². The summed E-state index contributed by atoms with van der Waals surface area (Å²) in [5.74, 6) is 0. The van der Waals surface area contributed by atoms with Gasteiger partial charge >= 0.3 is 0 Å². The van der Waals surface area contributed by atoms with E-state index >= 15 is 0 Å². The lowest BCUT2D eigenvalue weighted by Crippen LogP contribution is -2.27. The molecule has 0 aromatic heterocycles. The Bertz CT molecular complexity index is 273. The van der Waals surface area contributed by atoms with Gasteiger partial charge in [-0.3, -0.25) is 0 Å². The normalized spacial score (nSPS) is 19.7. The molecule has 0 aliphatic heterocycles. The summed E-state index contributed by atoms with van der Waals surface area (Å²) >= 11 is 0. The summed E-state index contributed by atoms with van der Waals surface area (Å²) in [7, 11) is 0. The Hall–Kier alpha value is -0.810. The Labute approximate surface area is 108 Å². The van der Waals surface area contributed by atoms with Crippen molar-refractivity contribution in [3.63, 3.8) is 0 Å². The Balaban J connectivity index is 0.00000256. The van der Waals surface area contributed by atoms with E-state index in [0.717, 1.165) is 5.57 Å². The Morgan fingerprint density at radius 1 is 1.47 bits per heavy atom. The average Bonchev–Trinajstić information content (AvgIpc) is 2.34. The van der Waals surface area contributed by atoms with Gasteiger partial charge in [0.1, 0.15) is 0 Å². The van der Waals surface area contributed by atoms with Crippen LogP contribution >= 0.6 is 12.4 Å². The van der Waals surface area contributed by atoms with Crippen LogP contribution in [0.1, 0.15) is 6.92 Å². The summed E-state index contributed by atoms with van der Waals surface area (Å²) in [6.45, 7) is 3.07. The molecule has 3 N–H and O–H groups in total. The van der Waals surface area contributed by atoms with Crippen LogP contribution in [-0.2, 0) is 9.47 Å². The van der Waals surface area contributed by atoms with Gasteiger partial charge < -0.3 is 20.3 Å². The second-order valence-electron chi connectivity index (χ2n) is 3.48. The molecule has 0 saturated carbocycles. The molecule has 0 amide bonds. The number of allylic oxidation sites excluding steroid dienone is 3. The van der Waals surface area contributed by atoms with Crippen LogP contribution in [0, 0.1) is 0 Å². The third kappa shape index (κ3) is 6.48. The highest BCUT2D eigenvalue weighted by Crippen LogP contribution is 2.11. The largest absolute Gasteiger partial charge is 0.501 e. The van der Waals surface area contributed by atoms with Crippen LogP contribution in [0.5, 0.6) is 0 Å². The monoisotopic (exact) mass is 261 g/mol. The predicted molar refractivity (Wildman–Crippen MR) is 70.0 cm³/mol. The Kier molecular flexibility index (Phi) is 8.80. The summed E-state index contributed by atoms with van der Waals surface area (Å²) in [6, 6.07) is 0. The maximum atomic E-state index is 9.23. The third-order valence-electron chi connectivity index (χ3n) is 2.10. The topological polar surface area (TPSA) is 64.7 Å². The molecular weight excluding hydrogens is 242 g/mol. The molecular formula is C12H20ClNO3. The fraction of sp³-hybridized carbons (Fsp3) is 0.500. The molecule has 17 heavy (non-hydrogen) atoms. The minimum absolute atomic E-state index is 0. The van der Waals surface area contributed by atoms with Gasteiger partial charge in [-0.05, 0) is 6.92 Å². The van der Waals surface area contributed by atoms with Gasteiger partial charge in [0.2, 0.25) is 0 Å². The molecule has 0 radical (unpaired) electrons. The molecule has 0 saturated heterocycles. The summed E-state index contributed by atoms with van der Waals surface area (Å²) in [5.41, 5.74) is 6.27. The van der Waals surface area contributed by atoms with Gasteiger partial charge in [-0.15, -0.1) is 12.4 Å². The summed E-state index contributed by atoms with van der Waals surface area (Å²) in [6.07, 6.45) is 8.69. The number of nitrogens with two attached hydrogens (primary N) is 1. The van der Waals surface area contributed by atoms with Crippen LogP contribution < -0.4 is 5.73 Å². The van der Waals surface area contributed by atoms with Gasteiger partial charge in [0, 0.05) is 12.1 Å². The third-order valence-corrected chi connectivity index (χ3v) is 2.10. The quantitative estimate of drug-likeness (QED) is 0.705. The highest BCUT2D eigenvalue weighted by Gasteiger charge is 2.08. The first-order valence-electron chi connectivity index (χ1n) is 5.44. The number of hydrogen-bond donors (Lipinski definition) is 2. The highest BCUT2D eigenvalue weighted by molar-refractivity contribution is 5.85. The fourth-order valence-corrected chi connectivity index (χ4v) is 1.19. The lowest BCUT2D eigenvalue weighted by Gasteiger charge is -2.15. The van der Waals surface area contributed by atoms with Crippen LogP contribution in [0.15, 0.2) is 36.1 Å². The van der Waals surface area contributed by atoms with Crippen molar-refractivity contribution in [2.24, 2.45) is 5.73 Å². The molecule has 0 aromatic rings. The van der Waals surface area contributed by atoms with E-state index < -0.39 is 6.10 Å². The summed E-state index contributed by atoms with van der Waals surface area (Å²) in [4.78, 5) is 0. The molecule has 1 aliphatic rings. The lowest BCUT2D eigenvalue weighted by atomic mass is 10.1. The lowest BCUT2D eigenvalue weighted by molar-refractivity contribution is 0.0300. The molecule has 1 atom stereocenters. The summed E-state index contributed by atoms with van der Waals surface area (Å²) < 4.78 is 10.6. The first kappa shape index (κ1) is 16.2. The van der Waals surface area contributed by atoms with Crippen molar-refractivity contribution in [2.75, 3.05) is 19.8 Å². The zero-order chi connectivity index (χ0) is 11.8. The molecule has 0 heterocycles. The van der Waals surface area contributed by atoms with E-state index in [1.54, 1.807) is 6.26 Å². The van der Waals surface area contributed by atoms with Crippen molar-refractivity contribution in [1.29, 1.82) is 0 Å². The SMILES string of the molecule is CCOC=C1C=CC(OCC(O)CN)C=C1.Cl. The standard InChI is InChI=1S/C12H19NO3.ClH/c1-2-15-8-10-3-5-12(6-4-10)16-9-11(14)7-13;/h3-6,8,11-12,14H,2,7,9,13H2,1H3;1H. The zero-order valence-corrected chi connectivity index (χ0v) is 10.7. The van der Waals surface area contributed by atoms with Crippen molar-refractivity contribution in [2.45, 2.75) is 19.1 Å². The maximum absolute atomic E-state index is 9.23. The smallest absolute Gasteiger partial charge is 0.0945 e. The maximum Gasteiger partial charge on any atom is 0.0945 e. The van der Waals surface area contributed by atoms with E-state index in [0.29, 0.717) is 6.61 Å². The van der Waals surface area contributed by atoms with Crippen molar-refractivity contribution < 1.29 is 14.6 Å². The molecule has 5 heteroatoms. The van der Waals surface area contributed by atoms with Gasteiger partial charge in [-0.1, -0.05) is 24.3 Å². The van der Waals surface area contributed by atoms with Crippen LogP contribution in [0.2, 0.25) is 0 Å². The van der Waals surface area contributed by atoms with Crippen LogP contribution in [0.3, 0.4) is 0 Å². The van der Waals surface area contributed by atoms with Crippen molar-refractivity contribution in [1.82, 2.24) is 0 Å². The number of aliphatic hydroxyl groups is 1. The Morgan fingerprint density at radius 2 is 2.12 bits per heavy atom. The van der Waals surface area contributed by atoms with E-state index in [2.05, 4.69) is 0 Å². The molecule has 98 valence electrons. The van der Waals surface area contributed by atoms with E-state index in [4.69, 9.17) is 15.2 Å². The van der Waals surface area contributed by atoms with Gasteiger partial charge in [0.25, 0.3) is 0 Å². The predicted octanol–water partition coefficient (Wildman–Crippen LogP) is 1.16. The molecule has 0 spiro atoms. The first-order chi connectivity index (χ1) is 7.76. The molecule has 0 bridgehead atoms. The fourth-order valence-electron chi connectivity index (χ4n) is 1.19. The molecule has 4 nitrogen and oxygen atoms in total. The molecule has 1 rings (SSSR count). The number of halogens is 1. The molecule has 1 unspecified atom stereocenters. The van der Waals surface area contributed by atoms with E-state index in [-0.39, 0.29) is 31.7 Å². The van der Waals surface area contributed by atoms with Gasteiger partial charge in [-0.25, -0.2) is 0 Å². The van der Waals surface area contributed by atoms with Crippen molar-refractivity contribution in [3.05, 3.63) is 36.1 Å². The van der Waals surface area contributed by atoms with Crippen LogP contribution in [0.4, 0.5) is 0 Å². The minimum Gasteiger partial charge on any atom is -0.501 e. The van der Waals surface area contributed by atoms with Gasteiger partial charge in [0.15, 0.2) is 0 Å². The molecule has 0 fully saturated rings. The van der Waals surface area contributed by atoms with Crippen LogP contribution in [0.25, 0.3) is 0 Å². The second kappa shape index (κ2) is 9.24. The highest BCUT2D eigenvalue weighted by atomic mass is 35.5. The van der Waals surface area contributed by atoms with Gasteiger partial charge in [0.05, 0.1) is 31.7 Å².